The minimum Gasteiger partial charge on any atom is -0.380 e. The fourth-order valence-electron chi connectivity index (χ4n) is 1.21. The Hall–Kier alpha value is -1.69. The summed E-state index contributed by atoms with van der Waals surface area (Å²) in [6, 6.07) is 0. The van der Waals surface area contributed by atoms with Crippen molar-refractivity contribution in [3.8, 4) is 0 Å². The molecule has 1 atom stereocenters. The van der Waals surface area contributed by atoms with Crippen molar-refractivity contribution in [2.75, 3.05) is 5.73 Å². The monoisotopic (exact) mass is 178 g/mol. The Balaban J connectivity index is 2.75. The van der Waals surface area contributed by atoms with Gasteiger partial charge in [0.25, 0.3) is 0 Å². The van der Waals surface area contributed by atoms with Crippen LogP contribution >= 0.6 is 0 Å². The number of nitrogens with zero attached hydrogens (tertiary/aromatic N) is 4. The third-order valence-corrected chi connectivity index (χ3v) is 1.86. The van der Waals surface area contributed by atoms with Crippen molar-refractivity contribution in [1.82, 2.24) is 19.7 Å². The molecule has 0 amide bonds. The molecule has 0 aromatic carbocycles. The average Bonchev–Trinajstić information content (AvgIpc) is 2.48. The van der Waals surface area contributed by atoms with Crippen LogP contribution in [0.25, 0.3) is 11.0 Å². The Bertz CT molecular complexity index is 431. The van der Waals surface area contributed by atoms with Gasteiger partial charge in [-0.1, -0.05) is 0 Å². The van der Waals surface area contributed by atoms with Gasteiger partial charge in [-0.25, -0.2) is 4.98 Å². The molecule has 68 valence electrons. The van der Waals surface area contributed by atoms with E-state index in [0.717, 1.165) is 5.52 Å². The highest BCUT2D eigenvalue weighted by Gasteiger charge is 2.08. The van der Waals surface area contributed by atoms with Gasteiger partial charge >= 0.3 is 0 Å². The van der Waals surface area contributed by atoms with Gasteiger partial charge in [0.1, 0.15) is 5.52 Å². The minimum absolute atomic E-state index is 0.145. The number of fused-ring (bicyclic) bond motifs is 1. The highest BCUT2D eigenvalue weighted by Crippen LogP contribution is 2.17. The molecule has 2 aromatic rings. The molecule has 0 aliphatic carbocycles. The van der Waals surface area contributed by atoms with Gasteiger partial charge in [-0.05, 0) is 6.92 Å². The van der Waals surface area contributed by atoms with E-state index in [0.29, 0.717) is 11.3 Å². The molecular formula is C7H10N6. The molecule has 4 N–H and O–H groups in total. The molecule has 0 aliphatic heterocycles. The second-order valence-corrected chi connectivity index (χ2v) is 2.86. The molecule has 2 rings (SSSR count). The summed E-state index contributed by atoms with van der Waals surface area (Å²) in [6.45, 7) is 1.86. The first-order valence-electron chi connectivity index (χ1n) is 3.89. The van der Waals surface area contributed by atoms with Gasteiger partial charge in [-0.15, -0.1) is 5.10 Å². The van der Waals surface area contributed by atoms with E-state index in [-0.39, 0.29) is 6.17 Å². The summed E-state index contributed by atoms with van der Waals surface area (Å²) < 4.78 is 1.79. The van der Waals surface area contributed by atoms with E-state index in [4.69, 9.17) is 11.5 Å². The fraction of sp³-hybridized carbons (Fsp3) is 0.286. The van der Waals surface area contributed by atoms with Crippen molar-refractivity contribution in [2.45, 2.75) is 13.1 Å². The summed E-state index contributed by atoms with van der Waals surface area (Å²) in [5, 5.41) is 7.43. The molecule has 1 unspecified atom stereocenters. The zero-order valence-electron chi connectivity index (χ0n) is 7.18. The van der Waals surface area contributed by atoms with E-state index < -0.39 is 0 Å². The minimum atomic E-state index is -0.145. The maximum atomic E-state index is 5.71. The summed E-state index contributed by atoms with van der Waals surface area (Å²) >= 11 is 0. The van der Waals surface area contributed by atoms with E-state index in [1.807, 2.05) is 6.92 Å². The van der Waals surface area contributed by atoms with Crippen LogP contribution in [0.15, 0.2) is 12.5 Å². The van der Waals surface area contributed by atoms with Crippen LogP contribution in [-0.2, 0) is 0 Å². The molecule has 0 fully saturated rings. The van der Waals surface area contributed by atoms with Crippen molar-refractivity contribution in [3.63, 3.8) is 0 Å². The summed E-state index contributed by atoms with van der Waals surface area (Å²) in [7, 11) is 0. The van der Waals surface area contributed by atoms with Gasteiger partial charge in [0.15, 0.2) is 5.82 Å². The second-order valence-electron chi connectivity index (χ2n) is 2.86. The van der Waals surface area contributed by atoms with Gasteiger partial charge < -0.3 is 16.0 Å². The highest BCUT2D eigenvalue weighted by atomic mass is 15.2. The van der Waals surface area contributed by atoms with Gasteiger partial charge in [0, 0.05) is 0 Å². The molecule has 13 heavy (non-hydrogen) atoms. The van der Waals surface area contributed by atoms with Gasteiger partial charge in [-0.2, -0.15) is 5.10 Å². The molecule has 0 bridgehead atoms. The SMILES string of the molecule is CC(N)n1cnc2c(N)nncc21. The number of rotatable bonds is 1. The van der Waals surface area contributed by atoms with E-state index in [1.54, 1.807) is 17.1 Å². The molecule has 0 radical (unpaired) electrons. The first-order chi connectivity index (χ1) is 6.20. The Morgan fingerprint density at radius 2 is 2.31 bits per heavy atom. The maximum absolute atomic E-state index is 5.71. The van der Waals surface area contributed by atoms with Crippen LogP contribution in [0.1, 0.15) is 13.1 Å². The first kappa shape index (κ1) is 7.93. The number of imidazole rings is 1. The van der Waals surface area contributed by atoms with Crippen molar-refractivity contribution < 1.29 is 0 Å². The predicted molar refractivity (Wildman–Crippen MR) is 48.6 cm³/mol. The molecule has 6 heteroatoms. The van der Waals surface area contributed by atoms with Crippen LogP contribution in [0.4, 0.5) is 5.82 Å². The van der Waals surface area contributed by atoms with Crippen molar-refractivity contribution in [2.24, 2.45) is 5.73 Å². The number of hydrogen-bond donors (Lipinski definition) is 2. The van der Waals surface area contributed by atoms with Crippen LogP contribution in [0, 0.1) is 0 Å². The Morgan fingerprint density at radius 1 is 1.54 bits per heavy atom. The Labute approximate surface area is 74.6 Å². The highest BCUT2D eigenvalue weighted by molar-refractivity contribution is 5.83. The lowest BCUT2D eigenvalue weighted by molar-refractivity contribution is 0.587. The first-order valence-corrected chi connectivity index (χ1v) is 3.89. The van der Waals surface area contributed by atoms with Gasteiger partial charge in [0.2, 0.25) is 0 Å². The normalized spacial score (nSPS) is 13.4. The number of nitrogen functional groups attached to an aromatic ring is 1. The van der Waals surface area contributed by atoms with E-state index in [9.17, 15) is 0 Å². The number of aromatic nitrogens is 4. The lowest BCUT2D eigenvalue weighted by atomic mass is 10.4. The standard InChI is InChI=1S/C7H10N6/c1-4(8)13-3-10-6-5(13)2-11-12-7(6)9/h2-4H,8H2,1H3,(H2,9,12). The third kappa shape index (κ3) is 1.11. The quantitative estimate of drug-likeness (QED) is 0.635. The summed E-state index contributed by atoms with van der Waals surface area (Å²) in [5.41, 5.74) is 12.7. The van der Waals surface area contributed by atoms with Crippen molar-refractivity contribution >= 4 is 16.9 Å². The fourth-order valence-corrected chi connectivity index (χ4v) is 1.21. The molecule has 0 saturated carbocycles. The van der Waals surface area contributed by atoms with Crippen LogP contribution in [0.3, 0.4) is 0 Å². The summed E-state index contributed by atoms with van der Waals surface area (Å²) in [5.74, 6) is 0.330. The van der Waals surface area contributed by atoms with E-state index in [2.05, 4.69) is 15.2 Å². The molecular weight excluding hydrogens is 168 g/mol. The molecule has 0 spiro atoms. The zero-order valence-corrected chi connectivity index (χ0v) is 7.18. The lowest BCUT2D eigenvalue weighted by Gasteiger charge is -2.06. The molecule has 6 nitrogen and oxygen atoms in total. The zero-order chi connectivity index (χ0) is 9.42. The molecule has 2 aromatic heterocycles. The lowest BCUT2D eigenvalue weighted by Crippen LogP contribution is -2.13. The predicted octanol–water partition coefficient (Wildman–Crippen LogP) is -0.114. The molecule has 2 heterocycles. The molecule has 0 saturated heterocycles. The van der Waals surface area contributed by atoms with Gasteiger partial charge in [0.05, 0.1) is 24.2 Å². The van der Waals surface area contributed by atoms with Crippen LogP contribution in [0.5, 0.6) is 0 Å². The Morgan fingerprint density at radius 3 is 3.00 bits per heavy atom. The van der Waals surface area contributed by atoms with E-state index in [1.165, 1.54) is 0 Å². The number of anilines is 1. The second kappa shape index (κ2) is 2.67. The van der Waals surface area contributed by atoms with Crippen molar-refractivity contribution in [1.29, 1.82) is 0 Å². The topological polar surface area (TPSA) is 95.6 Å². The largest absolute Gasteiger partial charge is 0.380 e. The average molecular weight is 178 g/mol. The number of nitrogens with two attached hydrogens (primary N) is 2. The maximum Gasteiger partial charge on any atom is 0.174 e. The summed E-state index contributed by atoms with van der Waals surface area (Å²) in [4.78, 5) is 4.09. The van der Waals surface area contributed by atoms with Crippen LogP contribution in [-0.4, -0.2) is 19.7 Å². The number of hydrogen-bond acceptors (Lipinski definition) is 5. The van der Waals surface area contributed by atoms with Gasteiger partial charge in [-0.3, -0.25) is 0 Å². The van der Waals surface area contributed by atoms with Crippen LogP contribution < -0.4 is 11.5 Å². The third-order valence-electron chi connectivity index (χ3n) is 1.86. The smallest absolute Gasteiger partial charge is 0.174 e. The van der Waals surface area contributed by atoms with E-state index >= 15 is 0 Å². The van der Waals surface area contributed by atoms with Crippen LogP contribution in [0.2, 0.25) is 0 Å². The van der Waals surface area contributed by atoms with Crippen molar-refractivity contribution in [3.05, 3.63) is 12.5 Å². The Kier molecular flexibility index (Phi) is 1.63. The summed E-state index contributed by atoms with van der Waals surface area (Å²) in [6.07, 6.45) is 3.09. The molecule has 0 aliphatic rings.